The molecule has 1 aliphatic heterocycles. The fourth-order valence-corrected chi connectivity index (χ4v) is 4.11. The van der Waals surface area contributed by atoms with Crippen LogP contribution in [0.3, 0.4) is 0 Å². The number of rotatable bonds is 8. The molecule has 9 heteroatoms. The van der Waals surface area contributed by atoms with Crippen molar-refractivity contribution < 1.29 is 9.59 Å². The van der Waals surface area contributed by atoms with Gasteiger partial charge in [0.25, 0.3) is 0 Å². The van der Waals surface area contributed by atoms with E-state index in [-0.39, 0.29) is 12.3 Å². The van der Waals surface area contributed by atoms with Gasteiger partial charge in [-0.15, -0.1) is 10.2 Å². The second-order valence-corrected chi connectivity index (χ2v) is 7.88. The maximum atomic E-state index is 11.6. The number of aromatic nitrogens is 3. The smallest absolute Gasteiger partial charge is 0.318 e. The lowest BCUT2D eigenvalue weighted by Crippen LogP contribution is -2.35. The number of thioether (sulfide) groups is 1. The number of nitrogens with two attached hydrogens (primary N) is 1. The van der Waals surface area contributed by atoms with Gasteiger partial charge in [0.1, 0.15) is 5.82 Å². The van der Waals surface area contributed by atoms with Crippen molar-refractivity contribution in [1.29, 1.82) is 0 Å². The minimum Gasteiger partial charge on any atom is -0.351 e. The van der Waals surface area contributed by atoms with Gasteiger partial charge < -0.3 is 10.3 Å². The fourth-order valence-electron chi connectivity index (χ4n) is 3.22. The number of nitrogens with zero attached hydrogens (tertiary/aromatic N) is 4. The fraction of sp³-hybridized carbons (Fsp3) is 0.474. The molecule has 0 aliphatic carbocycles. The molecule has 3 rings (SSSR count). The quantitative estimate of drug-likeness (QED) is 0.654. The number of nitrogens with one attached hydrogen (secondary N) is 1. The summed E-state index contributed by atoms with van der Waals surface area (Å²) in [4.78, 5) is 24.8. The van der Waals surface area contributed by atoms with E-state index >= 15 is 0 Å². The molecular formula is C19H26N6O2S. The van der Waals surface area contributed by atoms with Crippen LogP contribution in [0.1, 0.15) is 37.1 Å². The second kappa shape index (κ2) is 10.2. The predicted molar refractivity (Wildman–Crippen MR) is 108 cm³/mol. The average Bonchev–Trinajstić information content (AvgIpc) is 3.04. The Morgan fingerprint density at radius 2 is 1.82 bits per heavy atom. The van der Waals surface area contributed by atoms with Crippen LogP contribution < -0.4 is 11.1 Å². The summed E-state index contributed by atoms with van der Waals surface area (Å²) in [6, 6.07) is 9.37. The third-order valence-electron chi connectivity index (χ3n) is 4.61. The predicted octanol–water partition coefficient (Wildman–Crippen LogP) is 1.99. The van der Waals surface area contributed by atoms with Crippen LogP contribution >= 0.6 is 11.8 Å². The van der Waals surface area contributed by atoms with Crippen molar-refractivity contribution in [2.24, 2.45) is 5.73 Å². The Morgan fingerprint density at radius 3 is 2.54 bits per heavy atom. The monoisotopic (exact) mass is 402 g/mol. The molecule has 0 radical (unpaired) electrons. The SMILES string of the molecule is NC(=O)NC(=O)CCSc1nnc(CN2CCCCC2)n1Cc1ccccc1. The lowest BCUT2D eigenvalue weighted by atomic mass is 10.1. The van der Waals surface area contributed by atoms with E-state index in [9.17, 15) is 9.59 Å². The number of piperidine rings is 1. The first-order chi connectivity index (χ1) is 13.6. The van der Waals surface area contributed by atoms with Crippen LogP contribution in [-0.4, -0.2) is 50.4 Å². The van der Waals surface area contributed by atoms with Crippen LogP contribution in [0.5, 0.6) is 0 Å². The van der Waals surface area contributed by atoms with E-state index < -0.39 is 6.03 Å². The minimum absolute atomic E-state index is 0.188. The Hall–Kier alpha value is -2.39. The van der Waals surface area contributed by atoms with Crippen LogP contribution in [-0.2, 0) is 17.9 Å². The topological polar surface area (TPSA) is 106 Å². The zero-order valence-corrected chi connectivity index (χ0v) is 16.7. The van der Waals surface area contributed by atoms with E-state index in [1.54, 1.807) is 0 Å². The van der Waals surface area contributed by atoms with Crippen LogP contribution in [0.2, 0.25) is 0 Å². The highest BCUT2D eigenvalue weighted by Gasteiger charge is 2.18. The van der Waals surface area contributed by atoms with Gasteiger partial charge in [0, 0.05) is 12.2 Å². The highest BCUT2D eigenvalue weighted by Crippen LogP contribution is 2.21. The Labute approximate surface area is 168 Å². The van der Waals surface area contributed by atoms with Crippen molar-refractivity contribution in [1.82, 2.24) is 25.0 Å². The second-order valence-electron chi connectivity index (χ2n) is 6.82. The van der Waals surface area contributed by atoms with Crippen molar-refractivity contribution in [3.63, 3.8) is 0 Å². The molecular weight excluding hydrogens is 376 g/mol. The Kier molecular flexibility index (Phi) is 7.44. The van der Waals surface area contributed by atoms with Crippen molar-refractivity contribution in [2.75, 3.05) is 18.8 Å². The van der Waals surface area contributed by atoms with Crippen LogP contribution in [0.15, 0.2) is 35.5 Å². The first-order valence-corrected chi connectivity index (χ1v) is 10.5. The number of carbonyl (C=O) groups excluding carboxylic acids is 2. The average molecular weight is 403 g/mol. The van der Waals surface area contributed by atoms with Crippen molar-refractivity contribution in [2.45, 2.75) is 43.9 Å². The molecule has 1 saturated heterocycles. The van der Waals surface area contributed by atoms with Gasteiger partial charge >= 0.3 is 6.03 Å². The number of imide groups is 1. The maximum Gasteiger partial charge on any atom is 0.318 e. The summed E-state index contributed by atoms with van der Waals surface area (Å²) < 4.78 is 2.13. The van der Waals surface area contributed by atoms with Gasteiger partial charge in [-0.25, -0.2) is 4.79 Å². The molecule has 28 heavy (non-hydrogen) atoms. The summed E-state index contributed by atoms with van der Waals surface area (Å²) in [6.45, 7) is 3.65. The summed E-state index contributed by atoms with van der Waals surface area (Å²) in [6.07, 6.45) is 3.93. The van der Waals surface area contributed by atoms with Gasteiger partial charge in [-0.05, 0) is 31.5 Å². The lowest BCUT2D eigenvalue weighted by molar-refractivity contribution is -0.119. The molecule has 8 nitrogen and oxygen atoms in total. The van der Waals surface area contributed by atoms with Crippen LogP contribution in [0.4, 0.5) is 4.79 Å². The summed E-state index contributed by atoms with van der Waals surface area (Å²) in [7, 11) is 0. The highest BCUT2D eigenvalue weighted by molar-refractivity contribution is 7.99. The number of likely N-dealkylation sites (tertiary alicyclic amines) is 1. The molecule has 2 heterocycles. The lowest BCUT2D eigenvalue weighted by Gasteiger charge is -2.26. The summed E-state index contributed by atoms with van der Waals surface area (Å²) >= 11 is 1.46. The Balaban J connectivity index is 1.69. The molecule has 3 amide bonds. The zero-order chi connectivity index (χ0) is 19.8. The van der Waals surface area contributed by atoms with E-state index in [0.717, 1.165) is 30.6 Å². The van der Waals surface area contributed by atoms with Crippen LogP contribution in [0.25, 0.3) is 0 Å². The number of benzene rings is 1. The summed E-state index contributed by atoms with van der Waals surface area (Å²) in [5.74, 6) is 1.05. The van der Waals surface area contributed by atoms with Gasteiger partial charge in [0.05, 0.1) is 13.1 Å². The standard InChI is InChI=1S/C19H26N6O2S/c20-18(27)21-17(26)9-12-28-19-23-22-16(14-24-10-5-2-6-11-24)25(19)13-15-7-3-1-4-8-15/h1,3-4,7-8H,2,5-6,9-14H2,(H3,20,21,26,27). The zero-order valence-electron chi connectivity index (χ0n) is 15.8. The Bertz CT molecular complexity index is 789. The molecule has 150 valence electrons. The third-order valence-corrected chi connectivity index (χ3v) is 5.58. The van der Waals surface area contributed by atoms with E-state index in [4.69, 9.17) is 5.73 Å². The number of hydrogen-bond acceptors (Lipinski definition) is 6. The normalized spacial score (nSPS) is 14.7. The highest BCUT2D eigenvalue weighted by atomic mass is 32.2. The molecule has 3 N–H and O–H groups in total. The molecule has 0 atom stereocenters. The van der Waals surface area contributed by atoms with Gasteiger partial charge in [0.2, 0.25) is 5.91 Å². The van der Waals surface area contributed by atoms with E-state index in [1.165, 1.54) is 36.6 Å². The number of amides is 3. The van der Waals surface area contributed by atoms with Gasteiger partial charge in [0.15, 0.2) is 5.16 Å². The first-order valence-electron chi connectivity index (χ1n) is 9.52. The minimum atomic E-state index is -0.828. The number of carbonyl (C=O) groups is 2. The molecule has 1 aliphatic rings. The molecule has 1 aromatic heterocycles. The molecule has 0 spiro atoms. The van der Waals surface area contributed by atoms with Crippen molar-refractivity contribution in [3.05, 3.63) is 41.7 Å². The largest absolute Gasteiger partial charge is 0.351 e. The van der Waals surface area contributed by atoms with E-state index in [1.807, 2.05) is 18.2 Å². The molecule has 1 fully saturated rings. The summed E-state index contributed by atoms with van der Waals surface area (Å²) in [5.41, 5.74) is 6.15. The molecule has 2 aromatic rings. The maximum absolute atomic E-state index is 11.6. The third kappa shape index (κ3) is 6.07. The molecule has 0 unspecified atom stereocenters. The van der Waals surface area contributed by atoms with E-state index in [2.05, 4.69) is 37.1 Å². The number of primary amides is 1. The molecule has 1 aromatic carbocycles. The summed E-state index contributed by atoms with van der Waals surface area (Å²) in [5, 5.41) is 11.7. The molecule has 0 bridgehead atoms. The van der Waals surface area contributed by atoms with Crippen molar-refractivity contribution >= 4 is 23.7 Å². The number of hydrogen-bond donors (Lipinski definition) is 2. The number of urea groups is 1. The van der Waals surface area contributed by atoms with Gasteiger partial charge in [-0.2, -0.15) is 0 Å². The Morgan fingerprint density at radius 1 is 1.07 bits per heavy atom. The van der Waals surface area contributed by atoms with Crippen LogP contribution in [0, 0.1) is 0 Å². The first kappa shape index (κ1) is 20.3. The van der Waals surface area contributed by atoms with Gasteiger partial charge in [-0.1, -0.05) is 48.5 Å². The van der Waals surface area contributed by atoms with E-state index in [0.29, 0.717) is 12.3 Å². The van der Waals surface area contributed by atoms with Crippen molar-refractivity contribution in [3.8, 4) is 0 Å². The van der Waals surface area contributed by atoms with Gasteiger partial charge in [-0.3, -0.25) is 15.0 Å². The molecule has 0 saturated carbocycles.